The second-order valence-corrected chi connectivity index (χ2v) is 8.76. The van der Waals surface area contributed by atoms with Crippen molar-refractivity contribution in [1.29, 1.82) is 0 Å². The third-order valence-corrected chi connectivity index (χ3v) is 6.46. The van der Waals surface area contributed by atoms with Crippen LogP contribution in [0.5, 0.6) is 0 Å². The average Bonchev–Trinajstić information content (AvgIpc) is 3.56. The molecule has 2 amide bonds. The fraction of sp³-hybridized carbons (Fsp3) is 0.280. The van der Waals surface area contributed by atoms with E-state index >= 15 is 0 Å². The summed E-state index contributed by atoms with van der Waals surface area (Å²) >= 11 is 1.39. The Hall–Kier alpha value is -3.59. The number of likely N-dealkylation sites (tertiary alicyclic amines) is 1. The fourth-order valence-corrected chi connectivity index (χ4v) is 4.61. The molecular weight excluding hydrogens is 452 g/mol. The van der Waals surface area contributed by atoms with Gasteiger partial charge >= 0.3 is 5.97 Å². The van der Waals surface area contributed by atoms with E-state index in [1.54, 1.807) is 54.2 Å². The molecule has 0 radical (unpaired) electrons. The Balaban J connectivity index is 1.39. The van der Waals surface area contributed by atoms with Gasteiger partial charge in [-0.1, -0.05) is 12.1 Å². The third-order valence-electron chi connectivity index (χ3n) is 5.40. The monoisotopic (exact) mass is 478 g/mol. The Kier molecular flexibility index (Phi) is 7.64. The van der Waals surface area contributed by atoms with Gasteiger partial charge in [0.1, 0.15) is 0 Å². The summed E-state index contributed by atoms with van der Waals surface area (Å²) in [4.78, 5) is 39.8. The zero-order valence-electron chi connectivity index (χ0n) is 18.9. The molecule has 0 bridgehead atoms. The lowest BCUT2D eigenvalue weighted by Crippen LogP contribution is -2.29. The SMILES string of the molecule is CCOC(=O)c1ccn(-c2ccc(NC(=O)c3ccccc3SCC(=O)N3CCCC3)cc2)n1. The van der Waals surface area contributed by atoms with Crippen LogP contribution in [0.25, 0.3) is 5.69 Å². The van der Waals surface area contributed by atoms with Gasteiger partial charge in [-0.25, -0.2) is 9.48 Å². The van der Waals surface area contributed by atoms with E-state index in [0.717, 1.165) is 36.5 Å². The summed E-state index contributed by atoms with van der Waals surface area (Å²) < 4.78 is 6.53. The maximum absolute atomic E-state index is 12.9. The number of benzene rings is 2. The highest BCUT2D eigenvalue weighted by Crippen LogP contribution is 2.25. The van der Waals surface area contributed by atoms with Crippen LogP contribution in [0.15, 0.2) is 65.7 Å². The number of nitrogens with zero attached hydrogens (tertiary/aromatic N) is 3. The molecule has 1 aliphatic rings. The van der Waals surface area contributed by atoms with Gasteiger partial charge in [-0.3, -0.25) is 9.59 Å². The van der Waals surface area contributed by atoms with Crippen molar-refractivity contribution in [1.82, 2.24) is 14.7 Å². The van der Waals surface area contributed by atoms with Crippen molar-refractivity contribution in [3.8, 4) is 5.69 Å². The Labute approximate surface area is 202 Å². The van der Waals surface area contributed by atoms with Crippen LogP contribution in [0.4, 0.5) is 5.69 Å². The second-order valence-electron chi connectivity index (χ2n) is 7.74. The van der Waals surface area contributed by atoms with E-state index in [9.17, 15) is 14.4 Å². The van der Waals surface area contributed by atoms with E-state index < -0.39 is 5.97 Å². The van der Waals surface area contributed by atoms with E-state index in [-0.39, 0.29) is 24.1 Å². The highest BCUT2D eigenvalue weighted by Gasteiger charge is 2.19. The topological polar surface area (TPSA) is 93.5 Å². The number of carbonyl (C=O) groups excluding carboxylic acids is 3. The van der Waals surface area contributed by atoms with Crippen molar-refractivity contribution < 1.29 is 19.1 Å². The van der Waals surface area contributed by atoms with Gasteiger partial charge in [0.25, 0.3) is 5.91 Å². The lowest BCUT2D eigenvalue weighted by Gasteiger charge is -2.15. The lowest BCUT2D eigenvalue weighted by molar-refractivity contribution is -0.127. The van der Waals surface area contributed by atoms with Crippen molar-refractivity contribution in [3.63, 3.8) is 0 Å². The first-order chi connectivity index (χ1) is 16.5. The molecule has 176 valence electrons. The fourth-order valence-electron chi connectivity index (χ4n) is 3.65. The Morgan fingerprint density at radius 1 is 1.03 bits per heavy atom. The van der Waals surface area contributed by atoms with Crippen LogP contribution >= 0.6 is 11.8 Å². The standard InChI is InChI=1S/C25H26N4O4S/c1-2-33-25(32)21-13-16-29(27-21)19-11-9-18(10-12-19)26-24(31)20-7-3-4-8-22(20)34-17-23(30)28-14-5-6-15-28/h3-4,7-13,16H,2,5-6,14-15,17H2,1H3,(H,26,31). The first-order valence-electron chi connectivity index (χ1n) is 11.2. The lowest BCUT2D eigenvalue weighted by atomic mass is 10.2. The molecule has 1 aliphatic heterocycles. The maximum atomic E-state index is 12.9. The molecule has 8 nitrogen and oxygen atoms in total. The maximum Gasteiger partial charge on any atom is 0.358 e. The van der Waals surface area contributed by atoms with E-state index in [2.05, 4.69) is 10.4 Å². The molecule has 3 aromatic rings. The number of carbonyl (C=O) groups is 3. The molecule has 34 heavy (non-hydrogen) atoms. The third kappa shape index (κ3) is 5.66. The normalized spacial score (nSPS) is 13.0. The summed E-state index contributed by atoms with van der Waals surface area (Å²) in [5.74, 6) is -0.286. The predicted molar refractivity (Wildman–Crippen MR) is 130 cm³/mol. The van der Waals surface area contributed by atoms with E-state index in [1.165, 1.54) is 11.8 Å². The Bertz CT molecular complexity index is 1170. The van der Waals surface area contributed by atoms with Gasteiger partial charge in [-0.15, -0.1) is 11.8 Å². The summed E-state index contributed by atoms with van der Waals surface area (Å²) in [6.45, 7) is 3.67. The minimum Gasteiger partial charge on any atom is -0.461 e. The Morgan fingerprint density at radius 3 is 2.50 bits per heavy atom. The quantitative estimate of drug-likeness (QED) is 0.388. The van der Waals surface area contributed by atoms with Crippen LogP contribution < -0.4 is 5.32 Å². The largest absolute Gasteiger partial charge is 0.461 e. The van der Waals surface area contributed by atoms with Gasteiger partial charge in [0.2, 0.25) is 5.91 Å². The minimum absolute atomic E-state index is 0.109. The van der Waals surface area contributed by atoms with Gasteiger partial charge in [0.15, 0.2) is 5.69 Å². The molecule has 0 saturated carbocycles. The predicted octanol–water partition coefficient (Wildman–Crippen LogP) is 4.02. The molecule has 2 aromatic carbocycles. The summed E-state index contributed by atoms with van der Waals surface area (Å²) in [6, 6.07) is 16.0. The number of hydrogen-bond donors (Lipinski definition) is 1. The molecular formula is C25H26N4O4S. The van der Waals surface area contributed by atoms with Crippen molar-refractivity contribution in [3.05, 3.63) is 72.1 Å². The number of anilines is 1. The average molecular weight is 479 g/mol. The summed E-state index contributed by atoms with van der Waals surface area (Å²) in [5.41, 5.74) is 2.12. The molecule has 2 heterocycles. The van der Waals surface area contributed by atoms with Crippen LogP contribution in [0, 0.1) is 0 Å². The van der Waals surface area contributed by atoms with Crippen LogP contribution in [-0.2, 0) is 9.53 Å². The molecule has 0 unspecified atom stereocenters. The number of hydrogen-bond acceptors (Lipinski definition) is 6. The molecule has 1 fully saturated rings. The zero-order valence-corrected chi connectivity index (χ0v) is 19.7. The minimum atomic E-state index is -0.469. The molecule has 4 rings (SSSR count). The highest BCUT2D eigenvalue weighted by atomic mass is 32.2. The number of rotatable bonds is 8. The highest BCUT2D eigenvalue weighted by molar-refractivity contribution is 8.00. The van der Waals surface area contributed by atoms with Crippen LogP contribution in [0.3, 0.4) is 0 Å². The zero-order chi connectivity index (χ0) is 23.9. The molecule has 1 saturated heterocycles. The second kappa shape index (κ2) is 11.0. The van der Waals surface area contributed by atoms with Gasteiger partial charge < -0.3 is 15.0 Å². The van der Waals surface area contributed by atoms with E-state index in [4.69, 9.17) is 4.74 Å². The van der Waals surface area contributed by atoms with Crippen molar-refractivity contribution in [2.45, 2.75) is 24.7 Å². The number of nitrogens with one attached hydrogen (secondary N) is 1. The number of thioether (sulfide) groups is 1. The van der Waals surface area contributed by atoms with E-state index in [0.29, 0.717) is 17.0 Å². The molecule has 0 aliphatic carbocycles. The van der Waals surface area contributed by atoms with Crippen LogP contribution in [0.1, 0.15) is 40.6 Å². The summed E-state index contributed by atoms with van der Waals surface area (Å²) in [6.07, 6.45) is 3.79. The molecule has 9 heteroatoms. The smallest absolute Gasteiger partial charge is 0.358 e. The van der Waals surface area contributed by atoms with Crippen molar-refractivity contribution in [2.75, 3.05) is 30.8 Å². The number of ether oxygens (including phenoxy) is 1. The van der Waals surface area contributed by atoms with Crippen LogP contribution in [0.2, 0.25) is 0 Å². The van der Waals surface area contributed by atoms with Crippen molar-refractivity contribution in [2.24, 2.45) is 0 Å². The first-order valence-corrected chi connectivity index (χ1v) is 12.2. The van der Waals surface area contributed by atoms with Gasteiger partial charge in [-0.05, 0) is 62.2 Å². The molecule has 1 N–H and O–H groups in total. The molecule has 0 spiro atoms. The van der Waals surface area contributed by atoms with Gasteiger partial charge in [-0.2, -0.15) is 5.10 Å². The number of esters is 1. The number of amides is 2. The summed E-state index contributed by atoms with van der Waals surface area (Å²) in [7, 11) is 0. The Morgan fingerprint density at radius 2 is 1.76 bits per heavy atom. The van der Waals surface area contributed by atoms with Gasteiger partial charge in [0, 0.05) is 29.9 Å². The van der Waals surface area contributed by atoms with Crippen molar-refractivity contribution >= 4 is 35.2 Å². The summed E-state index contributed by atoms with van der Waals surface area (Å²) in [5, 5.41) is 7.14. The number of aromatic nitrogens is 2. The molecule has 0 atom stereocenters. The van der Waals surface area contributed by atoms with Gasteiger partial charge in [0.05, 0.1) is 23.6 Å². The van der Waals surface area contributed by atoms with E-state index in [1.807, 2.05) is 23.1 Å². The van der Waals surface area contributed by atoms with Crippen LogP contribution in [-0.4, -0.2) is 57.9 Å². The first kappa shape index (κ1) is 23.6. The molecule has 1 aromatic heterocycles.